The highest BCUT2D eigenvalue weighted by Crippen LogP contribution is 2.29. The van der Waals surface area contributed by atoms with Crippen LogP contribution in [0.4, 0.5) is 4.79 Å². The zero-order chi connectivity index (χ0) is 26.4. The summed E-state index contributed by atoms with van der Waals surface area (Å²) >= 11 is 0. The average molecular weight is 509 g/mol. The molecule has 4 rings (SSSR count). The Labute approximate surface area is 217 Å². The third-order valence-electron chi connectivity index (χ3n) is 6.87. The molecule has 0 spiro atoms. The maximum absolute atomic E-state index is 13.7. The molecule has 3 unspecified atom stereocenters. The van der Waals surface area contributed by atoms with E-state index in [-0.39, 0.29) is 30.6 Å². The first-order valence-electron chi connectivity index (χ1n) is 12.7. The van der Waals surface area contributed by atoms with Crippen molar-refractivity contribution < 1.29 is 23.9 Å². The lowest BCUT2D eigenvalue weighted by atomic mass is 9.83. The third-order valence-corrected chi connectivity index (χ3v) is 6.87. The van der Waals surface area contributed by atoms with E-state index >= 15 is 0 Å². The van der Waals surface area contributed by atoms with Crippen molar-refractivity contribution in [1.29, 1.82) is 0 Å². The van der Waals surface area contributed by atoms with Gasteiger partial charge in [0.2, 0.25) is 11.8 Å². The van der Waals surface area contributed by atoms with Crippen LogP contribution >= 0.6 is 0 Å². The number of hydrogen-bond acceptors (Lipinski definition) is 6. The number of benzene rings is 2. The van der Waals surface area contributed by atoms with Crippen molar-refractivity contribution in [1.82, 2.24) is 15.5 Å². The molecule has 2 heterocycles. The number of nitrogens with one attached hydrogen (secondary N) is 2. The second-order valence-corrected chi connectivity index (χ2v) is 10.4. The van der Waals surface area contributed by atoms with Crippen molar-refractivity contribution in [2.45, 2.75) is 57.0 Å². The SMILES string of the molecule is CC(C)(N)C(=O)NC(COCc1ccccc1)C(=O)N1CCC2NC(=O)O[C@@H](Cc3ccccc3)C2C1. The van der Waals surface area contributed by atoms with E-state index in [0.29, 0.717) is 32.5 Å². The molecule has 198 valence electrons. The van der Waals surface area contributed by atoms with Crippen molar-refractivity contribution in [3.05, 3.63) is 71.8 Å². The molecule has 37 heavy (non-hydrogen) atoms. The van der Waals surface area contributed by atoms with E-state index in [1.54, 1.807) is 18.7 Å². The summed E-state index contributed by atoms with van der Waals surface area (Å²) in [6.45, 7) is 4.37. The number of likely N-dealkylation sites (tertiary alicyclic amines) is 1. The average Bonchev–Trinajstić information content (AvgIpc) is 2.88. The predicted octanol–water partition coefficient (Wildman–Crippen LogP) is 1.99. The van der Waals surface area contributed by atoms with Gasteiger partial charge in [-0.25, -0.2) is 4.79 Å². The lowest BCUT2D eigenvalue weighted by Gasteiger charge is -2.45. The van der Waals surface area contributed by atoms with E-state index in [9.17, 15) is 14.4 Å². The molecule has 3 amide bonds. The van der Waals surface area contributed by atoms with Gasteiger partial charge in [0.15, 0.2) is 0 Å². The van der Waals surface area contributed by atoms with Crippen LogP contribution in [0.3, 0.4) is 0 Å². The fourth-order valence-corrected chi connectivity index (χ4v) is 4.80. The summed E-state index contributed by atoms with van der Waals surface area (Å²) in [5, 5.41) is 5.71. The topological polar surface area (TPSA) is 123 Å². The maximum Gasteiger partial charge on any atom is 0.407 e. The van der Waals surface area contributed by atoms with Gasteiger partial charge in [-0.15, -0.1) is 0 Å². The number of piperidine rings is 1. The Hall–Kier alpha value is -3.43. The lowest BCUT2D eigenvalue weighted by Crippen LogP contribution is -2.64. The van der Waals surface area contributed by atoms with E-state index < -0.39 is 23.6 Å². The molecule has 9 heteroatoms. The summed E-state index contributed by atoms with van der Waals surface area (Å²) < 4.78 is 11.5. The molecule has 2 aromatic rings. The highest BCUT2D eigenvalue weighted by Gasteiger charge is 2.44. The number of carbonyl (C=O) groups excluding carboxylic acids is 3. The van der Waals surface area contributed by atoms with Gasteiger partial charge >= 0.3 is 6.09 Å². The van der Waals surface area contributed by atoms with Gasteiger partial charge in [0, 0.05) is 31.5 Å². The van der Waals surface area contributed by atoms with Crippen LogP contribution in [-0.4, -0.2) is 66.2 Å². The van der Waals surface area contributed by atoms with Crippen LogP contribution in [-0.2, 0) is 32.1 Å². The van der Waals surface area contributed by atoms with E-state index in [0.717, 1.165) is 11.1 Å². The molecule has 2 aliphatic rings. The molecule has 0 bridgehead atoms. The number of cyclic esters (lactones) is 1. The molecule has 2 aromatic carbocycles. The van der Waals surface area contributed by atoms with Crippen LogP contribution < -0.4 is 16.4 Å². The summed E-state index contributed by atoms with van der Waals surface area (Å²) in [5.74, 6) is -0.748. The Morgan fingerprint density at radius 2 is 1.78 bits per heavy atom. The van der Waals surface area contributed by atoms with Gasteiger partial charge in [-0.1, -0.05) is 60.7 Å². The number of amides is 3. The first kappa shape index (κ1) is 26.6. The van der Waals surface area contributed by atoms with Crippen molar-refractivity contribution >= 4 is 17.9 Å². The standard InChI is InChI=1S/C28H36N4O5/c1-28(2,29)26(34)30-23(18-36-17-20-11-7-4-8-12-20)25(33)32-14-13-22-21(16-32)24(37-27(35)31-22)15-19-9-5-3-6-10-19/h3-12,21-24H,13-18,29H2,1-2H3,(H,30,34)(H,31,35)/t21?,22?,23?,24-/m0/s1. The smallest absolute Gasteiger partial charge is 0.407 e. The van der Waals surface area contributed by atoms with Gasteiger partial charge in [-0.05, 0) is 31.4 Å². The van der Waals surface area contributed by atoms with Gasteiger partial charge in [-0.3, -0.25) is 9.59 Å². The van der Waals surface area contributed by atoms with Crippen LogP contribution in [0.5, 0.6) is 0 Å². The molecule has 0 aliphatic carbocycles. The maximum atomic E-state index is 13.7. The molecular formula is C28H36N4O5. The molecule has 2 fully saturated rings. The number of nitrogens with zero attached hydrogens (tertiary/aromatic N) is 1. The molecule has 4 N–H and O–H groups in total. The number of carbonyl (C=O) groups is 3. The summed E-state index contributed by atoms with van der Waals surface area (Å²) in [5.41, 5.74) is 6.87. The number of hydrogen-bond donors (Lipinski definition) is 3. The molecular weight excluding hydrogens is 472 g/mol. The highest BCUT2D eigenvalue weighted by atomic mass is 16.6. The van der Waals surface area contributed by atoms with Crippen LogP contribution in [0.25, 0.3) is 0 Å². The predicted molar refractivity (Wildman–Crippen MR) is 138 cm³/mol. The quantitative estimate of drug-likeness (QED) is 0.476. The van der Waals surface area contributed by atoms with Crippen LogP contribution in [0.1, 0.15) is 31.4 Å². The molecule has 2 saturated heterocycles. The first-order valence-corrected chi connectivity index (χ1v) is 12.7. The fourth-order valence-electron chi connectivity index (χ4n) is 4.80. The van der Waals surface area contributed by atoms with Gasteiger partial charge in [0.25, 0.3) is 0 Å². The number of ether oxygens (including phenoxy) is 2. The molecule has 9 nitrogen and oxygen atoms in total. The second kappa shape index (κ2) is 11.7. The minimum Gasteiger partial charge on any atom is -0.445 e. The molecule has 0 aromatic heterocycles. The number of nitrogens with two attached hydrogens (primary N) is 1. The van der Waals surface area contributed by atoms with E-state index in [2.05, 4.69) is 10.6 Å². The molecule has 2 aliphatic heterocycles. The third kappa shape index (κ3) is 7.08. The van der Waals surface area contributed by atoms with Crippen LogP contribution in [0.15, 0.2) is 60.7 Å². The van der Waals surface area contributed by atoms with E-state index in [4.69, 9.17) is 15.2 Å². The molecule has 4 atom stereocenters. The van der Waals surface area contributed by atoms with Crippen LogP contribution in [0, 0.1) is 5.92 Å². The fraction of sp³-hybridized carbons (Fsp3) is 0.464. The minimum absolute atomic E-state index is 0.0147. The Bertz CT molecular complexity index is 1070. The Balaban J connectivity index is 1.45. The molecule has 0 saturated carbocycles. The van der Waals surface area contributed by atoms with Gasteiger partial charge < -0.3 is 30.7 Å². The Morgan fingerprint density at radius 1 is 1.14 bits per heavy atom. The van der Waals surface area contributed by atoms with Gasteiger partial charge in [-0.2, -0.15) is 0 Å². The number of rotatable bonds is 9. The minimum atomic E-state index is -1.15. The number of alkyl carbamates (subject to hydrolysis) is 1. The first-order chi connectivity index (χ1) is 17.7. The molecule has 0 radical (unpaired) electrons. The van der Waals surface area contributed by atoms with E-state index in [1.807, 2.05) is 60.7 Å². The Kier molecular flexibility index (Phi) is 8.45. The zero-order valence-corrected chi connectivity index (χ0v) is 21.4. The van der Waals surface area contributed by atoms with Crippen molar-refractivity contribution in [2.24, 2.45) is 11.7 Å². The van der Waals surface area contributed by atoms with Crippen LogP contribution in [0.2, 0.25) is 0 Å². The summed E-state index contributed by atoms with van der Waals surface area (Å²) in [6, 6.07) is 18.5. The Morgan fingerprint density at radius 3 is 2.43 bits per heavy atom. The largest absolute Gasteiger partial charge is 0.445 e. The second-order valence-electron chi connectivity index (χ2n) is 10.4. The van der Waals surface area contributed by atoms with Gasteiger partial charge in [0.05, 0.1) is 18.8 Å². The normalized spacial score (nSPS) is 22.3. The summed E-state index contributed by atoms with van der Waals surface area (Å²) in [4.78, 5) is 40.3. The summed E-state index contributed by atoms with van der Waals surface area (Å²) in [6.07, 6.45) is 0.387. The summed E-state index contributed by atoms with van der Waals surface area (Å²) in [7, 11) is 0. The van der Waals surface area contributed by atoms with Crippen molar-refractivity contribution in [3.8, 4) is 0 Å². The van der Waals surface area contributed by atoms with E-state index in [1.165, 1.54) is 0 Å². The zero-order valence-electron chi connectivity index (χ0n) is 21.4. The van der Waals surface area contributed by atoms with Crippen molar-refractivity contribution in [2.75, 3.05) is 19.7 Å². The highest BCUT2D eigenvalue weighted by molar-refractivity contribution is 5.91. The van der Waals surface area contributed by atoms with Crippen molar-refractivity contribution in [3.63, 3.8) is 0 Å². The lowest BCUT2D eigenvalue weighted by molar-refractivity contribution is -0.142. The van der Waals surface area contributed by atoms with Gasteiger partial charge in [0.1, 0.15) is 12.1 Å². The number of fused-ring (bicyclic) bond motifs is 1. The monoisotopic (exact) mass is 508 g/mol.